The van der Waals surface area contributed by atoms with E-state index in [0.29, 0.717) is 5.92 Å². The van der Waals surface area contributed by atoms with Gasteiger partial charge in [0.05, 0.1) is 5.92 Å². The lowest BCUT2D eigenvalue weighted by Crippen LogP contribution is -1.92. The molecule has 1 unspecified atom stereocenters. The van der Waals surface area contributed by atoms with Gasteiger partial charge in [0.15, 0.2) is 0 Å². The maximum atomic E-state index is 3.46. The molecule has 1 aromatic carbocycles. The molecule has 20 heavy (non-hydrogen) atoms. The summed E-state index contributed by atoms with van der Waals surface area (Å²) in [5.41, 5.74) is 0. The van der Waals surface area contributed by atoms with E-state index in [-0.39, 0.29) is 0 Å². The smallest absolute Gasteiger partial charge is 0.0555 e. The fourth-order valence-electron chi connectivity index (χ4n) is 1.98. The largest absolute Gasteiger partial charge is 0.144 e. The molecular formula is C18H20S2. The van der Waals surface area contributed by atoms with Gasteiger partial charge in [0.1, 0.15) is 0 Å². The average Bonchev–Trinajstić information content (AvgIpc) is 2.90. The third-order valence-corrected chi connectivity index (χ3v) is 4.94. The highest BCUT2D eigenvalue weighted by Crippen LogP contribution is 2.28. The van der Waals surface area contributed by atoms with Crippen LogP contribution in [0.2, 0.25) is 0 Å². The molecule has 0 amide bonds. The summed E-state index contributed by atoms with van der Waals surface area (Å²) < 4.78 is 0. The van der Waals surface area contributed by atoms with Crippen molar-refractivity contribution >= 4 is 23.1 Å². The summed E-state index contributed by atoms with van der Waals surface area (Å²) >= 11 is 3.51. The van der Waals surface area contributed by atoms with Gasteiger partial charge in [0.2, 0.25) is 0 Å². The summed E-state index contributed by atoms with van der Waals surface area (Å²) in [6, 6.07) is 14.8. The van der Waals surface area contributed by atoms with Crippen LogP contribution in [0.25, 0.3) is 0 Å². The van der Waals surface area contributed by atoms with Crippen molar-refractivity contribution in [1.29, 1.82) is 0 Å². The van der Waals surface area contributed by atoms with Crippen LogP contribution >= 0.6 is 23.1 Å². The molecule has 0 saturated carbocycles. The van der Waals surface area contributed by atoms with Crippen molar-refractivity contribution in [3.8, 4) is 11.2 Å². The molecule has 0 radical (unpaired) electrons. The van der Waals surface area contributed by atoms with Gasteiger partial charge in [-0.2, -0.15) is 0 Å². The van der Waals surface area contributed by atoms with Crippen LogP contribution < -0.4 is 0 Å². The highest BCUT2D eigenvalue weighted by atomic mass is 32.2. The predicted molar refractivity (Wildman–Crippen MR) is 91.4 cm³/mol. The molecule has 0 fully saturated rings. The summed E-state index contributed by atoms with van der Waals surface area (Å²) in [5, 5.41) is 3.29. The Hall–Kier alpha value is -1.17. The Morgan fingerprint density at radius 2 is 1.95 bits per heavy atom. The van der Waals surface area contributed by atoms with E-state index in [9.17, 15) is 0 Å². The Morgan fingerprint density at radius 1 is 1.15 bits per heavy atom. The minimum absolute atomic E-state index is 0.393. The summed E-state index contributed by atoms with van der Waals surface area (Å²) in [6.07, 6.45) is 3.64. The number of hydrogen-bond donors (Lipinski definition) is 0. The fraction of sp³-hybridized carbons (Fsp3) is 0.333. The molecule has 0 spiro atoms. The molecule has 0 N–H and O–H groups in total. The first-order valence-electron chi connectivity index (χ1n) is 7.08. The number of unbranched alkanes of at least 4 members (excludes halogenated alkanes) is 1. The Balaban J connectivity index is 2.04. The van der Waals surface area contributed by atoms with Gasteiger partial charge in [-0.3, -0.25) is 0 Å². The zero-order chi connectivity index (χ0) is 14.2. The van der Waals surface area contributed by atoms with Crippen LogP contribution in [-0.2, 0) is 0 Å². The lowest BCUT2D eigenvalue weighted by molar-refractivity contribution is 0.682. The molecule has 2 heteroatoms. The minimum Gasteiger partial charge on any atom is -0.144 e. The van der Waals surface area contributed by atoms with Crippen LogP contribution in [0, 0.1) is 18.1 Å². The molecule has 1 atom stereocenters. The Kier molecular flexibility index (Phi) is 6.24. The third-order valence-electron chi connectivity index (χ3n) is 3.10. The number of benzene rings is 1. The molecule has 0 aliphatic rings. The molecule has 2 rings (SSSR count). The first-order chi connectivity index (χ1) is 9.79. The van der Waals surface area contributed by atoms with E-state index in [2.05, 4.69) is 61.4 Å². The second-order valence-electron chi connectivity index (χ2n) is 4.80. The van der Waals surface area contributed by atoms with Gasteiger partial charge in [-0.15, -0.1) is 11.3 Å². The maximum Gasteiger partial charge on any atom is 0.0555 e. The van der Waals surface area contributed by atoms with E-state index < -0.39 is 0 Å². The minimum atomic E-state index is 0.393. The van der Waals surface area contributed by atoms with Gasteiger partial charge in [0, 0.05) is 14.6 Å². The Morgan fingerprint density at radius 3 is 2.60 bits per heavy atom. The van der Waals surface area contributed by atoms with E-state index in [0.717, 1.165) is 0 Å². The van der Waals surface area contributed by atoms with Crippen LogP contribution in [0.3, 0.4) is 0 Å². The van der Waals surface area contributed by atoms with Crippen molar-refractivity contribution in [2.75, 3.05) is 0 Å². The van der Waals surface area contributed by atoms with Crippen LogP contribution in [0.4, 0.5) is 0 Å². The molecular weight excluding hydrogens is 280 g/mol. The summed E-state index contributed by atoms with van der Waals surface area (Å²) in [4.78, 5) is 4.01. The number of aryl methyl sites for hydroxylation is 1. The highest BCUT2D eigenvalue weighted by molar-refractivity contribution is 8.03. The second-order valence-corrected chi connectivity index (χ2v) is 7.00. The third kappa shape index (κ3) is 4.74. The maximum absolute atomic E-state index is 3.46. The molecule has 0 bridgehead atoms. The first kappa shape index (κ1) is 15.2. The van der Waals surface area contributed by atoms with Crippen molar-refractivity contribution in [2.24, 2.45) is 0 Å². The van der Waals surface area contributed by atoms with Crippen molar-refractivity contribution < 1.29 is 0 Å². The SMILES string of the molecule is CCCCC(C#CSc1ccccc1)c1ccc(C)s1. The van der Waals surface area contributed by atoms with E-state index in [4.69, 9.17) is 0 Å². The normalized spacial score (nSPS) is 11.7. The molecule has 104 valence electrons. The van der Waals surface area contributed by atoms with Crippen molar-refractivity contribution in [2.45, 2.75) is 43.9 Å². The van der Waals surface area contributed by atoms with E-state index in [1.54, 1.807) is 11.8 Å². The lowest BCUT2D eigenvalue weighted by atomic mass is 10.0. The Bertz CT molecular complexity index is 572. The van der Waals surface area contributed by atoms with Crippen LogP contribution in [0.1, 0.15) is 41.9 Å². The highest BCUT2D eigenvalue weighted by Gasteiger charge is 2.10. The topological polar surface area (TPSA) is 0 Å². The summed E-state index contributed by atoms with van der Waals surface area (Å²) in [5.74, 6) is 3.85. The molecule has 0 saturated heterocycles. The fourth-order valence-corrected chi connectivity index (χ4v) is 3.56. The number of hydrogen-bond acceptors (Lipinski definition) is 2. The zero-order valence-electron chi connectivity index (χ0n) is 12.1. The van der Waals surface area contributed by atoms with E-state index in [1.807, 2.05) is 17.4 Å². The second kappa shape index (κ2) is 8.19. The predicted octanol–water partition coefficient (Wildman–Crippen LogP) is 6.08. The van der Waals surface area contributed by atoms with Gasteiger partial charge in [0.25, 0.3) is 0 Å². The van der Waals surface area contributed by atoms with Crippen molar-refractivity contribution in [3.63, 3.8) is 0 Å². The van der Waals surface area contributed by atoms with Gasteiger partial charge in [-0.1, -0.05) is 43.9 Å². The first-order valence-corrected chi connectivity index (χ1v) is 8.71. The Labute approximate surface area is 130 Å². The number of thiophene rings is 1. The van der Waals surface area contributed by atoms with Crippen LogP contribution in [0.5, 0.6) is 0 Å². The zero-order valence-corrected chi connectivity index (χ0v) is 13.7. The van der Waals surface area contributed by atoms with E-state index in [1.165, 1.54) is 33.9 Å². The number of rotatable bonds is 5. The van der Waals surface area contributed by atoms with Gasteiger partial charge in [-0.25, -0.2) is 0 Å². The monoisotopic (exact) mass is 300 g/mol. The van der Waals surface area contributed by atoms with Crippen LogP contribution in [0.15, 0.2) is 47.4 Å². The standard InChI is InChI=1S/C18H20S2/c1-3-4-8-16(18-12-11-15(2)20-18)13-14-19-17-9-6-5-7-10-17/h5-7,9-12,16H,3-4,8H2,1-2H3. The van der Waals surface area contributed by atoms with Crippen molar-refractivity contribution in [1.82, 2.24) is 0 Å². The molecule has 1 heterocycles. The van der Waals surface area contributed by atoms with E-state index >= 15 is 0 Å². The van der Waals surface area contributed by atoms with Crippen LogP contribution in [-0.4, -0.2) is 0 Å². The average molecular weight is 300 g/mol. The molecule has 0 aliphatic heterocycles. The lowest BCUT2D eigenvalue weighted by Gasteiger charge is -2.07. The quantitative estimate of drug-likeness (QED) is 0.476. The number of thioether (sulfide) groups is 1. The molecule has 0 nitrogen and oxygen atoms in total. The van der Waals surface area contributed by atoms with Crippen molar-refractivity contribution in [3.05, 3.63) is 52.2 Å². The van der Waals surface area contributed by atoms with Gasteiger partial charge in [-0.05, 0) is 54.6 Å². The molecule has 0 aliphatic carbocycles. The molecule has 1 aromatic heterocycles. The summed E-state index contributed by atoms with van der Waals surface area (Å²) in [7, 11) is 0. The summed E-state index contributed by atoms with van der Waals surface area (Å²) in [6.45, 7) is 4.40. The molecule has 2 aromatic rings. The van der Waals surface area contributed by atoms with Gasteiger partial charge >= 0.3 is 0 Å². The van der Waals surface area contributed by atoms with Gasteiger partial charge < -0.3 is 0 Å².